The van der Waals surface area contributed by atoms with Gasteiger partial charge in [0.05, 0.1) is 22.2 Å². The Kier molecular flexibility index (Phi) is 3.48. The van der Waals surface area contributed by atoms with Crippen molar-refractivity contribution in [3.63, 3.8) is 0 Å². The van der Waals surface area contributed by atoms with Crippen molar-refractivity contribution >= 4 is 32.4 Å². The fourth-order valence-electron chi connectivity index (χ4n) is 1.88. The van der Waals surface area contributed by atoms with Crippen LogP contribution in [0.3, 0.4) is 0 Å². The highest BCUT2D eigenvalue weighted by molar-refractivity contribution is 9.10. The number of fused-ring (bicyclic) bond motifs is 1. The maximum absolute atomic E-state index is 12.2. The van der Waals surface area contributed by atoms with Gasteiger partial charge in [0.15, 0.2) is 0 Å². The molecule has 2 aromatic heterocycles. The Morgan fingerprint density at radius 3 is 2.68 bits per heavy atom. The molecule has 0 aliphatic heterocycles. The van der Waals surface area contributed by atoms with E-state index in [1.807, 2.05) is 59.3 Å². The van der Waals surface area contributed by atoms with Crippen molar-refractivity contribution in [2.24, 2.45) is 0 Å². The molecule has 0 spiro atoms. The van der Waals surface area contributed by atoms with Crippen LogP contribution in [-0.2, 0) is 16.6 Å². The van der Waals surface area contributed by atoms with Gasteiger partial charge in [0, 0.05) is 21.8 Å². The average molecular weight is 335 g/mol. The van der Waals surface area contributed by atoms with Crippen LogP contribution in [0.1, 0.15) is 5.69 Å². The predicted octanol–water partition coefficient (Wildman–Crippen LogP) is 3.40. The highest BCUT2D eigenvalue weighted by atomic mass is 79.9. The second kappa shape index (κ2) is 5.27. The first-order valence-corrected chi connectivity index (χ1v) is 7.90. The van der Waals surface area contributed by atoms with E-state index < -0.39 is 10.8 Å². The molecule has 0 saturated heterocycles. The molecule has 0 N–H and O–H groups in total. The number of nitrogens with zero attached hydrogens (tertiary/aromatic N) is 2. The first-order valence-electron chi connectivity index (χ1n) is 5.79. The van der Waals surface area contributed by atoms with Gasteiger partial charge in [-0.25, -0.2) is 4.98 Å². The summed E-state index contributed by atoms with van der Waals surface area (Å²) in [6.45, 7) is 0. The molecular weight excluding hydrogens is 324 g/mol. The number of halogens is 1. The van der Waals surface area contributed by atoms with Crippen LogP contribution in [-0.4, -0.2) is 13.6 Å². The zero-order chi connectivity index (χ0) is 13.2. The Labute approximate surface area is 121 Å². The molecule has 0 amide bonds. The maximum Gasteiger partial charge on any atom is 0.137 e. The van der Waals surface area contributed by atoms with Crippen LogP contribution >= 0.6 is 15.9 Å². The minimum absolute atomic E-state index is 0.434. The Morgan fingerprint density at radius 1 is 1.11 bits per heavy atom. The molecule has 1 aromatic carbocycles. The molecule has 0 unspecified atom stereocenters. The molecule has 3 rings (SSSR count). The van der Waals surface area contributed by atoms with Crippen LogP contribution in [0.4, 0.5) is 0 Å². The number of hydrogen-bond donors (Lipinski definition) is 0. The van der Waals surface area contributed by atoms with Gasteiger partial charge in [-0.05, 0) is 40.2 Å². The average Bonchev–Trinajstić information content (AvgIpc) is 2.81. The Morgan fingerprint density at radius 2 is 1.89 bits per heavy atom. The zero-order valence-corrected chi connectivity index (χ0v) is 12.4. The van der Waals surface area contributed by atoms with Gasteiger partial charge >= 0.3 is 0 Å². The van der Waals surface area contributed by atoms with Gasteiger partial charge in [-0.3, -0.25) is 4.21 Å². The predicted molar refractivity (Wildman–Crippen MR) is 79.4 cm³/mol. The number of pyridine rings is 1. The lowest BCUT2D eigenvalue weighted by atomic mass is 10.4. The lowest BCUT2D eigenvalue weighted by molar-refractivity contribution is 0.682. The van der Waals surface area contributed by atoms with E-state index in [4.69, 9.17) is 0 Å². The molecule has 3 aromatic rings. The standard InChI is InChI=1S/C14H11BrN2OS/c15-11-6-7-14-16-12(9-17(14)8-11)10-19(18)13-4-2-1-3-5-13/h1-9H,10H2/t19-/m1/s1. The number of aromatic nitrogens is 2. The topological polar surface area (TPSA) is 34.4 Å². The van der Waals surface area contributed by atoms with Gasteiger partial charge in [-0.1, -0.05) is 18.2 Å². The third-order valence-electron chi connectivity index (χ3n) is 2.75. The lowest BCUT2D eigenvalue weighted by Crippen LogP contribution is -1.96. The summed E-state index contributed by atoms with van der Waals surface area (Å²) in [5.41, 5.74) is 1.70. The molecule has 3 nitrogen and oxygen atoms in total. The molecule has 0 radical (unpaired) electrons. The molecule has 0 saturated carbocycles. The minimum Gasteiger partial charge on any atom is -0.306 e. The molecule has 2 heterocycles. The Bertz CT molecular complexity index is 740. The molecule has 5 heteroatoms. The fourth-order valence-corrected chi connectivity index (χ4v) is 3.26. The molecule has 96 valence electrons. The quantitative estimate of drug-likeness (QED) is 0.735. The minimum atomic E-state index is -1.05. The van der Waals surface area contributed by atoms with E-state index in [0.29, 0.717) is 5.75 Å². The van der Waals surface area contributed by atoms with Crippen molar-refractivity contribution in [2.75, 3.05) is 0 Å². The number of hydrogen-bond acceptors (Lipinski definition) is 2. The van der Waals surface area contributed by atoms with E-state index in [9.17, 15) is 4.21 Å². The van der Waals surface area contributed by atoms with Crippen molar-refractivity contribution in [3.8, 4) is 0 Å². The fraction of sp³-hybridized carbons (Fsp3) is 0.0714. The van der Waals surface area contributed by atoms with Crippen LogP contribution in [0, 0.1) is 0 Å². The summed E-state index contributed by atoms with van der Waals surface area (Å²) in [7, 11) is -1.05. The van der Waals surface area contributed by atoms with Gasteiger partial charge in [0.25, 0.3) is 0 Å². The molecule has 0 aliphatic carbocycles. The second-order valence-electron chi connectivity index (χ2n) is 4.15. The monoisotopic (exact) mass is 334 g/mol. The lowest BCUT2D eigenvalue weighted by Gasteiger charge is -1.98. The molecule has 1 atom stereocenters. The SMILES string of the molecule is O=[S@](Cc1cn2cc(Br)ccc2n1)c1ccccc1. The smallest absolute Gasteiger partial charge is 0.137 e. The Balaban J connectivity index is 1.87. The Hall–Kier alpha value is -1.46. The van der Waals surface area contributed by atoms with E-state index in [2.05, 4.69) is 20.9 Å². The van der Waals surface area contributed by atoms with Crippen molar-refractivity contribution in [1.29, 1.82) is 0 Å². The highest BCUT2D eigenvalue weighted by Crippen LogP contribution is 2.15. The van der Waals surface area contributed by atoms with Crippen molar-refractivity contribution < 1.29 is 4.21 Å². The number of benzene rings is 1. The first kappa shape index (κ1) is 12.6. The first-order chi connectivity index (χ1) is 9.22. The van der Waals surface area contributed by atoms with E-state index in [1.54, 1.807) is 0 Å². The molecule has 19 heavy (non-hydrogen) atoms. The van der Waals surface area contributed by atoms with Crippen molar-refractivity contribution in [2.45, 2.75) is 10.6 Å². The highest BCUT2D eigenvalue weighted by Gasteiger charge is 2.08. The second-order valence-corrected chi connectivity index (χ2v) is 6.51. The number of rotatable bonds is 3. The summed E-state index contributed by atoms with van der Waals surface area (Å²) in [4.78, 5) is 5.30. The van der Waals surface area contributed by atoms with Gasteiger partial charge in [-0.15, -0.1) is 0 Å². The van der Waals surface area contributed by atoms with Crippen LogP contribution in [0.25, 0.3) is 5.65 Å². The summed E-state index contributed by atoms with van der Waals surface area (Å²) in [6, 6.07) is 13.3. The van der Waals surface area contributed by atoms with E-state index in [1.165, 1.54) is 0 Å². The van der Waals surface area contributed by atoms with Crippen molar-refractivity contribution in [1.82, 2.24) is 9.38 Å². The molecule has 0 aliphatic rings. The summed E-state index contributed by atoms with van der Waals surface area (Å²) in [5.74, 6) is 0.434. The largest absolute Gasteiger partial charge is 0.306 e. The van der Waals surface area contributed by atoms with Crippen LogP contribution < -0.4 is 0 Å². The van der Waals surface area contributed by atoms with E-state index >= 15 is 0 Å². The normalized spacial score (nSPS) is 12.7. The third kappa shape index (κ3) is 2.77. The molecule has 0 bridgehead atoms. The van der Waals surface area contributed by atoms with E-state index in [0.717, 1.165) is 20.7 Å². The number of imidazole rings is 1. The van der Waals surface area contributed by atoms with Crippen LogP contribution in [0.5, 0.6) is 0 Å². The van der Waals surface area contributed by atoms with Gasteiger partial charge < -0.3 is 4.40 Å². The summed E-state index contributed by atoms with van der Waals surface area (Å²) in [6.07, 6.45) is 3.86. The molecule has 0 fully saturated rings. The summed E-state index contributed by atoms with van der Waals surface area (Å²) >= 11 is 3.42. The maximum atomic E-state index is 12.2. The summed E-state index contributed by atoms with van der Waals surface area (Å²) in [5, 5.41) is 0. The van der Waals surface area contributed by atoms with Gasteiger partial charge in [0.2, 0.25) is 0 Å². The molecular formula is C14H11BrN2OS. The van der Waals surface area contributed by atoms with Gasteiger partial charge in [0.1, 0.15) is 5.65 Å². The van der Waals surface area contributed by atoms with Crippen molar-refractivity contribution in [3.05, 3.63) is 65.0 Å². The summed E-state index contributed by atoms with van der Waals surface area (Å²) < 4.78 is 15.1. The van der Waals surface area contributed by atoms with Gasteiger partial charge in [-0.2, -0.15) is 0 Å². The zero-order valence-electron chi connectivity index (χ0n) is 9.99. The van der Waals surface area contributed by atoms with Crippen LogP contribution in [0.2, 0.25) is 0 Å². The van der Waals surface area contributed by atoms with Crippen LogP contribution in [0.15, 0.2) is 64.2 Å². The van der Waals surface area contributed by atoms with E-state index in [-0.39, 0.29) is 0 Å². The third-order valence-corrected chi connectivity index (χ3v) is 4.57.